The average Bonchev–Trinajstić information content (AvgIpc) is 1.88. The lowest BCUT2D eigenvalue weighted by Gasteiger charge is -1.88. The van der Waals surface area contributed by atoms with Gasteiger partial charge in [0.2, 0.25) is 0 Å². The van der Waals surface area contributed by atoms with Crippen LogP contribution in [0, 0.1) is 0 Å². The molecule has 0 radical (unpaired) electrons. The summed E-state index contributed by atoms with van der Waals surface area (Å²) in [5, 5.41) is 0. The van der Waals surface area contributed by atoms with Crippen LogP contribution >= 0.6 is 0 Å². The Morgan fingerprint density at radius 2 is 2.40 bits per heavy atom. The zero-order chi connectivity index (χ0) is 7.56. The zero-order valence-corrected chi connectivity index (χ0v) is 5.00. The van der Waals surface area contributed by atoms with Crippen molar-refractivity contribution in [3.05, 3.63) is 28.4 Å². The molecule has 0 spiro atoms. The van der Waals surface area contributed by atoms with Crippen molar-refractivity contribution < 1.29 is 4.79 Å². The average molecular weight is 141 g/mol. The smallest absolute Gasteiger partial charge is 0.279 e. The molecule has 0 aliphatic heterocycles. The normalized spacial score (nSPS) is 9.20. The fourth-order valence-corrected chi connectivity index (χ4v) is 0.527. The third-order valence-electron chi connectivity index (χ3n) is 0.941. The Hall–Kier alpha value is -1.65. The number of aromatic amines is 1. The van der Waals surface area contributed by atoms with Crippen LogP contribution in [0.5, 0.6) is 0 Å². The number of nitrogens with two attached hydrogens (primary N) is 1. The number of hydrogen-bond donors (Lipinski definition) is 2. The molecule has 1 rings (SSSR count). The van der Waals surface area contributed by atoms with Crippen molar-refractivity contribution in [1.82, 2.24) is 9.97 Å². The Morgan fingerprint density at radius 1 is 1.70 bits per heavy atom. The summed E-state index contributed by atoms with van der Waals surface area (Å²) >= 11 is 0. The SMILES string of the molecule is NC(=O)c1n[13cH][13cH][nH]c1=O. The van der Waals surface area contributed by atoms with Crippen LogP contribution < -0.4 is 11.3 Å². The first kappa shape index (κ1) is 6.47. The van der Waals surface area contributed by atoms with Crippen LogP contribution in [-0.2, 0) is 0 Å². The number of aromatic nitrogens is 2. The molecule has 5 heteroatoms. The van der Waals surface area contributed by atoms with Gasteiger partial charge in [-0.15, -0.1) is 0 Å². The molecule has 0 fully saturated rings. The van der Waals surface area contributed by atoms with Crippen LogP contribution in [0.25, 0.3) is 0 Å². The second kappa shape index (κ2) is 2.30. The van der Waals surface area contributed by atoms with Crippen LogP contribution in [0.4, 0.5) is 0 Å². The van der Waals surface area contributed by atoms with Gasteiger partial charge < -0.3 is 10.7 Å². The third-order valence-corrected chi connectivity index (χ3v) is 0.941. The fourth-order valence-electron chi connectivity index (χ4n) is 0.527. The van der Waals surface area contributed by atoms with E-state index in [2.05, 4.69) is 9.97 Å². The van der Waals surface area contributed by atoms with Gasteiger partial charge >= 0.3 is 0 Å². The number of nitrogens with one attached hydrogen (secondary N) is 1. The van der Waals surface area contributed by atoms with E-state index < -0.39 is 11.5 Å². The highest BCUT2D eigenvalue weighted by Crippen LogP contribution is 1.77. The highest BCUT2D eigenvalue weighted by Gasteiger charge is 2.04. The molecular formula is C5H5N3O2. The monoisotopic (exact) mass is 141 g/mol. The standard InChI is InChI=1S/C5H5N3O2/c6-4(9)3-5(10)8-2-1-7-3/h1-2H,(H2,6,9)(H,8,10)/i1+1,2+1. The van der Waals surface area contributed by atoms with Crippen molar-refractivity contribution in [3.63, 3.8) is 0 Å². The number of rotatable bonds is 1. The maximum absolute atomic E-state index is 10.6. The topological polar surface area (TPSA) is 88.8 Å². The molecule has 1 amide bonds. The van der Waals surface area contributed by atoms with Crippen molar-refractivity contribution >= 4 is 5.91 Å². The summed E-state index contributed by atoms with van der Waals surface area (Å²) in [5.41, 5.74) is 3.97. The number of carbonyl (C=O) groups is 1. The summed E-state index contributed by atoms with van der Waals surface area (Å²) in [6.07, 6.45) is 2.62. The Kier molecular flexibility index (Phi) is 1.49. The second-order valence-corrected chi connectivity index (χ2v) is 1.63. The van der Waals surface area contributed by atoms with Crippen molar-refractivity contribution in [3.8, 4) is 0 Å². The summed E-state index contributed by atoms with van der Waals surface area (Å²) < 4.78 is 0. The van der Waals surface area contributed by atoms with Crippen molar-refractivity contribution in [2.75, 3.05) is 0 Å². The molecule has 1 aromatic rings. The molecule has 1 heterocycles. The van der Waals surface area contributed by atoms with E-state index in [1.54, 1.807) is 0 Å². The van der Waals surface area contributed by atoms with Crippen LogP contribution in [0.2, 0.25) is 0 Å². The van der Waals surface area contributed by atoms with Gasteiger partial charge in [0, 0.05) is 12.4 Å². The zero-order valence-electron chi connectivity index (χ0n) is 5.00. The van der Waals surface area contributed by atoms with Gasteiger partial charge in [0.1, 0.15) is 0 Å². The van der Waals surface area contributed by atoms with E-state index in [-0.39, 0.29) is 5.69 Å². The van der Waals surface area contributed by atoms with Crippen LogP contribution in [0.15, 0.2) is 17.2 Å². The largest absolute Gasteiger partial charge is 0.364 e. The summed E-state index contributed by atoms with van der Waals surface area (Å²) in [7, 11) is 0. The first-order valence-corrected chi connectivity index (χ1v) is 2.55. The van der Waals surface area contributed by atoms with Gasteiger partial charge in [-0.25, -0.2) is 4.98 Å². The lowest BCUT2D eigenvalue weighted by Crippen LogP contribution is -2.24. The van der Waals surface area contributed by atoms with E-state index in [4.69, 9.17) is 5.73 Å². The van der Waals surface area contributed by atoms with E-state index in [0.29, 0.717) is 0 Å². The van der Waals surface area contributed by atoms with Gasteiger partial charge in [0.25, 0.3) is 11.5 Å². The molecule has 0 bridgehead atoms. The first-order chi connectivity index (χ1) is 4.72. The molecular weight excluding hydrogens is 136 g/mol. The Morgan fingerprint density at radius 3 is 2.80 bits per heavy atom. The third kappa shape index (κ3) is 1.02. The molecule has 10 heavy (non-hydrogen) atoms. The maximum atomic E-state index is 10.6. The van der Waals surface area contributed by atoms with Gasteiger partial charge in [0.15, 0.2) is 5.69 Å². The van der Waals surface area contributed by atoms with Gasteiger partial charge in [0.05, 0.1) is 0 Å². The van der Waals surface area contributed by atoms with Gasteiger partial charge in [-0.1, -0.05) is 0 Å². The summed E-state index contributed by atoms with van der Waals surface area (Å²) in [4.78, 5) is 26.7. The predicted molar refractivity (Wildman–Crippen MR) is 33.4 cm³/mol. The van der Waals surface area contributed by atoms with Crippen LogP contribution in [-0.4, -0.2) is 15.9 Å². The van der Waals surface area contributed by atoms with E-state index >= 15 is 0 Å². The quantitative estimate of drug-likeness (QED) is 0.518. The molecule has 52 valence electrons. The second-order valence-electron chi connectivity index (χ2n) is 1.63. The van der Waals surface area contributed by atoms with Gasteiger partial charge in [-0.2, -0.15) is 0 Å². The highest BCUT2D eigenvalue weighted by atomic mass is 16.2. The van der Waals surface area contributed by atoms with E-state index in [1.165, 1.54) is 12.4 Å². The summed E-state index contributed by atoms with van der Waals surface area (Å²) in [6, 6.07) is 0. The number of primary amides is 1. The first-order valence-electron chi connectivity index (χ1n) is 2.55. The number of hydrogen-bond acceptors (Lipinski definition) is 3. The molecule has 0 saturated heterocycles. The Balaban J connectivity index is 3.29. The van der Waals surface area contributed by atoms with Gasteiger partial charge in [-0.05, 0) is 0 Å². The predicted octanol–water partition coefficient (Wildman–Crippen LogP) is -1.13. The Labute approximate surface area is 55.9 Å². The van der Waals surface area contributed by atoms with E-state index in [1.807, 2.05) is 0 Å². The molecule has 0 saturated carbocycles. The fraction of sp³-hybridized carbons (Fsp3) is 0. The lowest BCUT2D eigenvalue weighted by molar-refractivity contribution is 0.0994. The number of carbonyl (C=O) groups excluding carboxylic acids is 1. The minimum absolute atomic E-state index is 0.262. The number of H-pyrrole nitrogens is 1. The molecule has 5 nitrogen and oxygen atoms in total. The van der Waals surface area contributed by atoms with E-state index in [0.717, 1.165) is 0 Å². The Bertz CT molecular complexity index is 304. The minimum atomic E-state index is -0.818. The molecule has 0 aromatic carbocycles. The van der Waals surface area contributed by atoms with Crippen LogP contribution in [0.3, 0.4) is 0 Å². The molecule has 0 aliphatic carbocycles. The van der Waals surface area contributed by atoms with Crippen molar-refractivity contribution in [2.45, 2.75) is 0 Å². The molecule has 0 atom stereocenters. The molecule has 0 unspecified atom stereocenters. The van der Waals surface area contributed by atoms with Crippen molar-refractivity contribution in [1.29, 1.82) is 0 Å². The number of amides is 1. The molecule has 3 N–H and O–H groups in total. The highest BCUT2D eigenvalue weighted by molar-refractivity contribution is 5.90. The van der Waals surface area contributed by atoms with Crippen molar-refractivity contribution in [2.24, 2.45) is 5.73 Å². The molecule has 1 aromatic heterocycles. The summed E-state index contributed by atoms with van der Waals surface area (Å²) in [5.74, 6) is -0.818. The molecule has 0 aliphatic rings. The van der Waals surface area contributed by atoms with E-state index in [9.17, 15) is 9.59 Å². The number of nitrogens with zero attached hydrogens (tertiary/aromatic N) is 1. The maximum Gasteiger partial charge on any atom is 0.279 e. The van der Waals surface area contributed by atoms with Gasteiger partial charge in [-0.3, -0.25) is 9.59 Å². The minimum Gasteiger partial charge on any atom is -0.364 e. The lowest BCUT2D eigenvalue weighted by atomic mass is 10.4. The summed E-state index contributed by atoms with van der Waals surface area (Å²) in [6.45, 7) is 0. The van der Waals surface area contributed by atoms with Crippen LogP contribution in [0.1, 0.15) is 10.5 Å².